The summed E-state index contributed by atoms with van der Waals surface area (Å²) in [5, 5.41) is 0.669. The predicted octanol–water partition coefficient (Wildman–Crippen LogP) is 2.45. The minimum atomic E-state index is -0.214. The van der Waals surface area contributed by atoms with Gasteiger partial charge in [-0.15, -0.1) is 0 Å². The van der Waals surface area contributed by atoms with E-state index in [0.717, 1.165) is 12.2 Å². The van der Waals surface area contributed by atoms with Crippen molar-refractivity contribution in [2.45, 2.75) is 37.8 Å². The maximum absolute atomic E-state index is 11.4. The zero-order chi connectivity index (χ0) is 11.8. The van der Waals surface area contributed by atoms with Crippen molar-refractivity contribution < 1.29 is 4.74 Å². The Balaban J connectivity index is 2.37. The lowest BCUT2D eigenvalue weighted by Gasteiger charge is -2.02. The highest BCUT2D eigenvalue weighted by Crippen LogP contribution is 2.14. The number of nitrogens with one attached hydrogen (secondary N) is 1. The van der Waals surface area contributed by atoms with Crippen molar-refractivity contribution in [3.63, 3.8) is 0 Å². The van der Waals surface area contributed by atoms with E-state index in [1.54, 1.807) is 11.8 Å². The van der Waals surface area contributed by atoms with Crippen molar-refractivity contribution in [2.75, 3.05) is 12.9 Å². The molecule has 5 heteroatoms. The van der Waals surface area contributed by atoms with Crippen LogP contribution in [0.25, 0.3) is 0 Å². The van der Waals surface area contributed by atoms with Gasteiger partial charge in [0.05, 0.1) is 13.3 Å². The van der Waals surface area contributed by atoms with Gasteiger partial charge in [-0.1, -0.05) is 37.9 Å². The first-order chi connectivity index (χ1) is 7.77. The summed E-state index contributed by atoms with van der Waals surface area (Å²) in [4.78, 5) is 18.2. The number of aromatic amines is 1. The molecule has 1 heterocycles. The average Bonchev–Trinajstić information content (AvgIpc) is 2.29. The van der Waals surface area contributed by atoms with E-state index in [-0.39, 0.29) is 11.3 Å². The number of rotatable bonds is 7. The molecule has 0 amide bonds. The van der Waals surface area contributed by atoms with Gasteiger partial charge >= 0.3 is 0 Å². The largest absolute Gasteiger partial charge is 0.490 e. The third kappa shape index (κ3) is 4.26. The summed E-state index contributed by atoms with van der Waals surface area (Å²) in [7, 11) is 1.46. The van der Waals surface area contributed by atoms with Crippen LogP contribution in [0.1, 0.15) is 32.6 Å². The Hall–Kier alpha value is -0.970. The molecule has 0 aliphatic heterocycles. The molecule has 1 N–H and O–H groups in total. The molecule has 1 rings (SSSR count). The predicted molar refractivity (Wildman–Crippen MR) is 66.3 cm³/mol. The molecule has 0 atom stereocenters. The van der Waals surface area contributed by atoms with Crippen LogP contribution < -0.4 is 10.3 Å². The third-order valence-corrected chi connectivity index (χ3v) is 3.17. The van der Waals surface area contributed by atoms with Crippen molar-refractivity contribution in [3.8, 4) is 5.75 Å². The van der Waals surface area contributed by atoms with Crippen LogP contribution in [-0.2, 0) is 0 Å². The van der Waals surface area contributed by atoms with Crippen LogP contribution in [-0.4, -0.2) is 22.8 Å². The number of unbranched alkanes of at least 4 members (excludes halogenated alkanes) is 3. The van der Waals surface area contributed by atoms with Crippen molar-refractivity contribution >= 4 is 11.8 Å². The normalized spacial score (nSPS) is 10.4. The Morgan fingerprint density at radius 1 is 1.44 bits per heavy atom. The van der Waals surface area contributed by atoms with Gasteiger partial charge in [0, 0.05) is 5.75 Å². The minimum absolute atomic E-state index is 0.214. The summed E-state index contributed by atoms with van der Waals surface area (Å²) in [6.45, 7) is 2.19. The smallest absolute Gasteiger partial charge is 0.293 e. The van der Waals surface area contributed by atoms with E-state index >= 15 is 0 Å². The average molecular weight is 242 g/mol. The van der Waals surface area contributed by atoms with E-state index in [0.29, 0.717) is 5.16 Å². The van der Waals surface area contributed by atoms with Crippen molar-refractivity contribution in [1.29, 1.82) is 0 Å². The molecule has 0 saturated heterocycles. The first-order valence-corrected chi connectivity index (χ1v) is 6.52. The first kappa shape index (κ1) is 13.1. The molecule has 0 aromatic carbocycles. The highest BCUT2D eigenvalue weighted by Gasteiger charge is 2.02. The lowest BCUT2D eigenvalue weighted by Crippen LogP contribution is -2.10. The minimum Gasteiger partial charge on any atom is -0.490 e. The van der Waals surface area contributed by atoms with E-state index in [1.807, 2.05) is 0 Å². The van der Waals surface area contributed by atoms with Crippen molar-refractivity contribution in [1.82, 2.24) is 9.97 Å². The van der Waals surface area contributed by atoms with Crippen LogP contribution in [0.2, 0.25) is 0 Å². The molecule has 1 aromatic rings. The molecule has 0 aliphatic carbocycles. The van der Waals surface area contributed by atoms with Gasteiger partial charge in [0.1, 0.15) is 0 Å². The van der Waals surface area contributed by atoms with Gasteiger partial charge in [0.25, 0.3) is 5.56 Å². The molecule has 90 valence electrons. The Morgan fingerprint density at radius 2 is 2.25 bits per heavy atom. The topological polar surface area (TPSA) is 55.0 Å². The fourth-order valence-corrected chi connectivity index (χ4v) is 2.12. The fraction of sp³-hybridized carbons (Fsp3) is 0.636. The summed E-state index contributed by atoms with van der Waals surface area (Å²) < 4.78 is 4.84. The summed E-state index contributed by atoms with van der Waals surface area (Å²) in [6.07, 6.45) is 6.38. The van der Waals surface area contributed by atoms with Gasteiger partial charge in [-0.05, 0) is 6.42 Å². The summed E-state index contributed by atoms with van der Waals surface area (Å²) >= 11 is 1.58. The monoisotopic (exact) mass is 242 g/mol. The number of hydrogen-bond acceptors (Lipinski definition) is 4. The molecule has 0 radical (unpaired) electrons. The van der Waals surface area contributed by atoms with E-state index in [4.69, 9.17) is 4.74 Å². The van der Waals surface area contributed by atoms with Crippen LogP contribution in [0.15, 0.2) is 16.1 Å². The highest BCUT2D eigenvalue weighted by molar-refractivity contribution is 7.99. The SMILES string of the molecule is CCCCCCSc1ncc(OC)c(=O)[nH]1. The van der Waals surface area contributed by atoms with E-state index in [9.17, 15) is 4.79 Å². The maximum atomic E-state index is 11.4. The summed E-state index contributed by atoms with van der Waals surface area (Å²) in [6, 6.07) is 0. The number of ether oxygens (including phenoxy) is 1. The molecule has 0 aliphatic rings. The van der Waals surface area contributed by atoms with Gasteiger partial charge in [-0.25, -0.2) is 4.98 Å². The molecule has 0 unspecified atom stereocenters. The third-order valence-electron chi connectivity index (χ3n) is 2.20. The Labute approximate surface area is 99.8 Å². The van der Waals surface area contributed by atoms with Crippen LogP contribution >= 0.6 is 11.8 Å². The van der Waals surface area contributed by atoms with E-state index < -0.39 is 0 Å². The number of thioether (sulfide) groups is 1. The highest BCUT2D eigenvalue weighted by atomic mass is 32.2. The number of nitrogens with zero attached hydrogens (tertiary/aromatic N) is 1. The second-order valence-corrected chi connectivity index (χ2v) is 4.58. The van der Waals surface area contributed by atoms with Crippen LogP contribution in [0.5, 0.6) is 5.75 Å². The van der Waals surface area contributed by atoms with E-state index in [1.165, 1.54) is 32.6 Å². The van der Waals surface area contributed by atoms with Crippen LogP contribution in [0.4, 0.5) is 0 Å². The standard InChI is InChI=1S/C11H18N2O2S/c1-3-4-5-6-7-16-11-12-8-9(15-2)10(14)13-11/h8H,3-7H2,1-2H3,(H,12,13,14). The second-order valence-electron chi connectivity index (χ2n) is 3.49. The molecule has 0 bridgehead atoms. The number of hydrogen-bond donors (Lipinski definition) is 1. The summed E-state index contributed by atoms with van der Waals surface area (Å²) in [5.74, 6) is 1.25. The molecule has 0 spiro atoms. The van der Waals surface area contributed by atoms with E-state index in [2.05, 4.69) is 16.9 Å². The number of methoxy groups -OCH3 is 1. The molecule has 16 heavy (non-hydrogen) atoms. The maximum Gasteiger partial charge on any atom is 0.293 e. The van der Waals surface area contributed by atoms with Crippen molar-refractivity contribution in [3.05, 3.63) is 16.6 Å². The first-order valence-electron chi connectivity index (χ1n) is 5.54. The number of aromatic nitrogens is 2. The Morgan fingerprint density at radius 3 is 2.88 bits per heavy atom. The summed E-state index contributed by atoms with van der Waals surface area (Å²) in [5.41, 5.74) is -0.214. The van der Waals surface area contributed by atoms with Gasteiger partial charge < -0.3 is 4.74 Å². The van der Waals surface area contributed by atoms with Crippen LogP contribution in [0, 0.1) is 0 Å². The van der Waals surface area contributed by atoms with Gasteiger partial charge in [0.2, 0.25) is 5.75 Å². The quantitative estimate of drug-likeness (QED) is 0.453. The lowest BCUT2D eigenvalue weighted by atomic mass is 10.2. The fourth-order valence-electron chi connectivity index (χ4n) is 1.28. The van der Waals surface area contributed by atoms with Crippen molar-refractivity contribution in [2.24, 2.45) is 0 Å². The Kier molecular flexibility index (Phi) is 6.00. The molecule has 1 aromatic heterocycles. The van der Waals surface area contributed by atoms with Gasteiger partial charge in [-0.2, -0.15) is 0 Å². The van der Waals surface area contributed by atoms with Gasteiger partial charge in [-0.3, -0.25) is 9.78 Å². The lowest BCUT2D eigenvalue weighted by molar-refractivity contribution is 0.404. The van der Waals surface area contributed by atoms with Crippen LogP contribution in [0.3, 0.4) is 0 Å². The zero-order valence-electron chi connectivity index (χ0n) is 9.78. The second kappa shape index (κ2) is 7.33. The zero-order valence-corrected chi connectivity index (χ0v) is 10.6. The number of H-pyrrole nitrogens is 1. The molecular formula is C11H18N2O2S. The molecule has 4 nitrogen and oxygen atoms in total. The molecule has 0 fully saturated rings. The molecule has 0 saturated carbocycles. The van der Waals surface area contributed by atoms with Gasteiger partial charge in [0.15, 0.2) is 5.16 Å². The Bertz CT molecular complexity index is 365. The molecular weight excluding hydrogens is 224 g/mol.